The zero-order valence-electron chi connectivity index (χ0n) is 7.97. The van der Waals surface area contributed by atoms with Crippen molar-refractivity contribution in [3.8, 4) is 0 Å². The maximum atomic E-state index is 12.1. The first-order valence-electron chi connectivity index (χ1n) is 4.22. The van der Waals surface area contributed by atoms with Crippen molar-refractivity contribution in [2.24, 2.45) is 0 Å². The van der Waals surface area contributed by atoms with E-state index in [0.29, 0.717) is 5.75 Å². The second-order valence-corrected chi connectivity index (χ2v) is 5.19. The molecule has 1 rings (SSSR count). The maximum absolute atomic E-state index is 12.1. The van der Waals surface area contributed by atoms with Crippen molar-refractivity contribution in [2.75, 3.05) is 5.75 Å². The van der Waals surface area contributed by atoms with Gasteiger partial charge in [-0.15, -0.1) is 0 Å². The Morgan fingerprint density at radius 2 is 2.20 bits per heavy atom. The number of thioether (sulfide) groups is 1. The molecule has 0 aromatic carbocycles. The Morgan fingerprint density at radius 1 is 1.53 bits per heavy atom. The Hall–Kier alpha value is -0.100. The van der Waals surface area contributed by atoms with E-state index in [1.54, 1.807) is 12.3 Å². The van der Waals surface area contributed by atoms with Crippen molar-refractivity contribution in [1.82, 2.24) is 0 Å². The van der Waals surface area contributed by atoms with Crippen LogP contribution in [-0.4, -0.2) is 16.8 Å². The third kappa shape index (κ3) is 4.10. The van der Waals surface area contributed by atoms with Crippen molar-refractivity contribution in [3.05, 3.63) is 23.7 Å². The van der Waals surface area contributed by atoms with Crippen LogP contribution in [0.3, 0.4) is 0 Å². The summed E-state index contributed by atoms with van der Waals surface area (Å²) in [6, 6.07) is 1.80. The number of hydrogen-bond donors (Lipinski definition) is 0. The SMILES string of the molecule is Cc1ccoc1CSCC(Br)C(F)(F)F. The van der Waals surface area contributed by atoms with E-state index in [9.17, 15) is 13.2 Å². The Bertz CT molecular complexity index is 311. The highest BCUT2D eigenvalue weighted by Gasteiger charge is 2.37. The first-order chi connectivity index (χ1) is 6.91. The van der Waals surface area contributed by atoms with Crippen LogP contribution in [0.15, 0.2) is 16.7 Å². The summed E-state index contributed by atoms with van der Waals surface area (Å²) in [5.41, 5.74) is 0.973. The molecule has 0 saturated heterocycles. The van der Waals surface area contributed by atoms with Gasteiger partial charge in [-0.3, -0.25) is 0 Å². The predicted molar refractivity (Wildman–Crippen MR) is 58.4 cm³/mol. The van der Waals surface area contributed by atoms with E-state index in [-0.39, 0.29) is 5.75 Å². The van der Waals surface area contributed by atoms with Gasteiger partial charge in [0.2, 0.25) is 0 Å². The molecule has 1 nitrogen and oxygen atoms in total. The Morgan fingerprint density at radius 3 is 2.67 bits per heavy atom. The van der Waals surface area contributed by atoms with Crippen LogP contribution < -0.4 is 0 Å². The quantitative estimate of drug-likeness (QED) is 0.775. The van der Waals surface area contributed by atoms with Gasteiger partial charge in [0.05, 0.1) is 12.0 Å². The highest BCUT2D eigenvalue weighted by Crippen LogP contribution is 2.30. The van der Waals surface area contributed by atoms with Crippen LogP contribution in [0.5, 0.6) is 0 Å². The number of rotatable bonds is 4. The average molecular weight is 303 g/mol. The second-order valence-electron chi connectivity index (χ2n) is 3.05. The molecule has 0 aliphatic heterocycles. The van der Waals surface area contributed by atoms with Gasteiger partial charge in [0.15, 0.2) is 0 Å². The van der Waals surface area contributed by atoms with E-state index in [1.165, 1.54) is 11.8 Å². The molecule has 1 aromatic rings. The van der Waals surface area contributed by atoms with Crippen LogP contribution in [0.25, 0.3) is 0 Å². The summed E-state index contributed by atoms with van der Waals surface area (Å²) in [6.07, 6.45) is -2.63. The minimum Gasteiger partial charge on any atom is -0.468 e. The molecule has 0 saturated carbocycles. The van der Waals surface area contributed by atoms with Gasteiger partial charge in [0.1, 0.15) is 10.6 Å². The average Bonchev–Trinajstić information content (AvgIpc) is 2.50. The summed E-state index contributed by atoms with van der Waals surface area (Å²) in [5, 5.41) is 0. The van der Waals surface area contributed by atoms with Gasteiger partial charge in [-0.25, -0.2) is 0 Å². The number of halogens is 4. The van der Waals surface area contributed by atoms with E-state index < -0.39 is 11.0 Å². The van der Waals surface area contributed by atoms with Crippen LogP contribution in [0.2, 0.25) is 0 Å². The molecule has 0 fully saturated rings. The lowest BCUT2D eigenvalue weighted by Gasteiger charge is -2.12. The Kier molecular flexibility index (Phi) is 4.58. The van der Waals surface area contributed by atoms with E-state index in [1.807, 2.05) is 6.92 Å². The summed E-state index contributed by atoms with van der Waals surface area (Å²) in [4.78, 5) is -1.45. The molecule has 6 heteroatoms. The van der Waals surface area contributed by atoms with Crippen LogP contribution in [0.1, 0.15) is 11.3 Å². The lowest BCUT2D eigenvalue weighted by atomic mass is 10.3. The zero-order chi connectivity index (χ0) is 11.5. The van der Waals surface area contributed by atoms with Gasteiger partial charge in [-0.1, -0.05) is 15.9 Å². The van der Waals surface area contributed by atoms with E-state index in [4.69, 9.17) is 4.42 Å². The number of aryl methyl sites for hydroxylation is 1. The van der Waals surface area contributed by atoms with Crippen molar-refractivity contribution in [1.29, 1.82) is 0 Å². The molecule has 1 unspecified atom stereocenters. The molecule has 1 heterocycles. The summed E-state index contributed by atoms with van der Waals surface area (Å²) >= 11 is 3.80. The molecular formula is C9H10BrF3OS. The highest BCUT2D eigenvalue weighted by molar-refractivity contribution is 9.09. The van der Waals surface area contributed by atoms with Gasteiger partial charge in [-0.05, 0) is 18.6 Å². The van der Waals surface area contributed by atoms with Crippen molar-refractivity contribution in [2.45, 2.75) is 23.7 Å². The molecule has 1 atom stereocenters. The molecule has 0 aliphatic carbocycles. The smallest absolute Gasteiger partial charge is 0.402 e. The number of furan rings is 1. The third-order valence-corrected chi connectivity index (χ3v) is 4.13. The van der Waals surface area contributed by atoms with E-state index >= 15 is 0 Å². The molecule has 86 valence electrons. The first-order valence-corrected chi connectivity index (χ1v) is 6.30. The van der Waals surface area contributed by atoms with Gasteiger partial charge in [-0.2, -0.15) is 24.9 Å². The van der Waals surface area contributed by atoms with Gasteiger partial charge >= 0.3 is 6.18 Å². The largest absolute Gasteiger partial charge is 0.468 e. The van der Waals surface area contributed by atoms with Crippen molar-refractivity contribution in [3.63, 3.8) is 0 Å². The summed E-state index contributed by atoms with van der Waals surface area (Å²) in [6.45, 7) is 1.87. The standard InChI is InChI=1S/C9H10BrF3OS/c1-6-2-3-14-7(6)4-15-5-8(10)9(11,12)13/h2-3,8H,4-5H2,1H3. The fourth-order valence-electron chi connectivity index (χ4n) is 0.902. The minimum atomic E-state index is -4.18. The van der Waals surface area contributed by atoms with Crippen LogP contribution in [-0.2, 0) is 5.75 Å². The number of alkyl halides is 4. The van der Waals surface area contributed by atoms with Crippen molar-refractivity contribution < 1.29 is 17.6 Å². The third-order valence-electron chi connectivity index (χ3n) is 1.82. The molecule has 0 radical (unpaired) electrons. The maximum Gasteiger partial charge on any atom is 0.402 e. The molecular weight excluding hydrogens is 293 g/mol. The minimum absolute atomic E-state index is 0.0103. The summed E-state index contributed by atoms with van der Waals surface area (Å²) < 4.78 is 41.4. The lowest BCUT2D eigenvalue weighted by molar-refractivity contribution is -0.122. The monoisotopic (exact) mass is 302 g/mol. The molecule has 0 aliphatic rings. The van der Waals surface area contributed by atoms with E-state index in [0.717, 1.165) is 11.3 Å². The Balaban J connectivity index is 2.31. The highest BCUT2D eigenvalue weighted by atomic mass is 79.9. The lowest BCUT2D eigenvalue weighted by Crippen LogP contribution is -2.24. The Labute approximate surface area is 98.5 Å². The van der Waals surface area contributed by atoms with Crippen LogP contribution in [0.4, 0.5) is 13.2 Å². The number of hydrogen-bond acceptors (Lipinski definition) is 2. The fourth-order valence-corrected chi connectivity index (χ4v) is 2.46. The van der Waals surface area contributed by atoms with Gasteiger partial charge in [0, 0.05) is 5.75 Å². The molecule has 0 spiro atoms. The fraction of sp³-hybridized carbons (Fsp3) is 0.556. The van der Waals surface area contributed by atoms with Gasteiger partial charge < -0.3 is 4.42 Å². The van der Waals surface area contributed by atoms with Crippen molar-refractivity contribution >= 4 is 27.7 Å². The first kappa shape index (κ1) is 13.0. The second kappa shape index (κ2) is 5.30. The molecule has 0 amide bonds. The molecule has 0 N–H and O–H groups in total. The molecule has 15 heavy (non-hydrogen) atoms. The van der Waals surface area contributed by atoms with Gasteiger partial charge in [0.25, 0.3) is 0 Å². The topological polar surface area (TPSA) is 13.1 Å². The summed E-state index contributed by atoms with van der Waals surface area (Å²) in [5.74, 6) is 1.20. The molecule has 0 bridgehead atoms. The molecule has 1 aromatic heterocycles. The van der Waals surface area contributed by atoms with E-state index in [2.05, 4.69) is 15.9 Å². The van der Waals surface area contributed by atoms with Crippen LogP contribution in [0, 0.1) is 6.92 Å². The predicted octanol–water partition coefficient (Wildman–Crippen LogP) is 4.15. The summed E-state index contributed by atoms with van der Waals surface area (Å²) in [7, 11) is 0. The zero-order valence-corrected chi connectivity index (χ0v) is 10.4. The normalized spacial score (nSPS) is 14.2. The van der Waals surface area contributed by atoms with Crippen LogP contribution >= 0.6 is 27.7 Å².